The van der Waals surface area contributed by atoms with Crippen molar-refractivity contribution in [2.45, 2.75) is 44.9 Å². The fourth-order valence-corrected chi connectivity index (χ4v) is 13.5. The van der Waals surface area contributed by atoms with Gasteiger partial charge in [-0.2, -0.15) is 0 Å². The second-order valence-corrected chi connectivity index (χ2v) is 20.5. The fourth-order valence-electron chi connectivity index (χ4n) is 13.5. The number of nitrogens with zero attached hydrogens (tertiary/aromatic N) is 5. The van der Waals surface area contributed by atoms with Crippen LogP contribution in [0.2, 0.25) is 0 Å². The van der Waals surface area contributed by atoms with Crippen LogP contribution in [-0.4, -0.2) is 24.1 Å². The van der Waals surface area contributed by atoms with E-state index in [1.807, 2.05) is 24.3 Å². The first-order chi connectivity index (χ1) is 35.3. The number of fused-ring (bicyclic) bond motifs is 15. The van der Waals surface area contributed by atoms with Crippen LogP contribution in [0.4, 0.5) is 0 Å². The van der Waals surface area contributed by atoms with Crippen molar-refractivity contribution in [1.29, 1.82) is 0 Å². The third-order valence-electron chi connectivity index (χ3n) is 16.6. The van der Waals surface area contributed by atoms with E-state index in [1.54, 1.807) is 0 Å². The Labute approximate surface area is 414 Å². The summed E-state index contributed by atoms with van der Waals surface area (Å²) in [5, 5.41) is 8.00. The lowest BCUT2D eigenvalue weighted by Crippen LogP contribution is -2.37. The van der Waals surface area contributed by atoms with Gasteiger partial charge in [-0.15, -0.1) is 0 Å². The van der Waals surface area contributed by atoms with Gasteiger partial charge in [0.05, 0.1) is 33.2 Å². The molecular formula is C65H45N5O2. The zero-order chi connectivity index (χ0) is 47.7. The van der Waals surface area contributed by atoms with Crippen molar-refractivity contribution in [2.24, 2.45) is 5.92 Å². The van der Waals surface area contributed by atoms with E-state index in [4.69, 9.17) is 23.8 Å². The van der Waals surface area contributed by atoms with Crippen LogP contribution >= 0.6 is 0 Å². The molecule has 6 heterocycles. The first kappa shape index (κ1) is 40.0. The third kappa shape index (κ3) is 5.16. The molecule has 0 fully saturated rings. The molecule has 4 unspecified atom stereocenters. The van der Waals surface area contributed by atoms with Gasteiger partial charge >= 0.3 is 0 Å². The van der Waals surface area contributed by atoms with E-state index in [0.717, 1.165) is 99.9 Å². The molecule has 3 aliphatic rings. The number of aromatic nitrogens is 5. The number of furan rings is 2. The summed E-state index contributed by atoms with van der Waals surface area (Å²) >= 11 is 0. The number of para-hydroxylation sites is 5. The van der Waals surface area contributed by atoms with Gasteiger partial charge in [-0.1, -0.05) is 154 Å². The summed E-state index contributed by atoms with van der Waals surface area (Å²) in [4.78, 5) is 16.1. The van der Waals surface area contributed by atoms with E-state index in [0.29, 0.717) is 11.6 Å². The van der Waals surface area contributed by atoms with Gasteiger partial charge in [0.1, 0.15) is 22.6 Å². The van der Waals surface area contributed by atoms with Crippen molar-refractivity contribution < 1.29 is 8.83 Å². The Morgan fingerprint density at radius 3 is 2.01 bits per heavy atom. The van der Waals surface area contributed by atoms with Crippen molar-refractivity contribution in [3.8, 4) is 45.3 Å². The monoisotopic (exact) mass is 927 g/mol. The molecule has 6 bridgehead atoms. The summed E-state index contributed by atoms with van der Waals surface area (Å²) in [6.07, 6.45) is 4.77. The molecule has 2 aliphatic carbocycles. The van der Waals surface area contributed by atoms with E-state index in [-0.39, 0.29) is 17.8 Å². The highest BCUT2D eigenvalue weighted by atomic mass is 16.3. The lowest BCUT2D eigenvalue weighted by atomic mass is 9.60. The molecule has 0 radical (unpaired) electrons. The molecule has 342 valence electrons. The SMILES string of the molecule is CC1C=CC2(C)C3=C1C(C)c1c(n(c4ccc(-n5c6ccccc6c6cc(-c7cccc8c7oc7ccccc78)ccc65)cc14)-c1cccc4c1oc1c(cccc14)-c1nc(-c4ccccc4)nc2n1)C3C. The standard InChI is InChI=1S/C65H45N5O2/c1-35-31-32-65(4)57-37(3)58-56(36(2)55(35)57)49-34-40(69-50-24-10-8-17-42(50)48-33-39(27-29-51(48)69)41-19-12-20-44-43-18-9-11-26-54(43)71-59(41)44)28-30-52(49)70(58)53-25-14-22-46-45-21-13-23-47(60(45)72-61(46)53)63-66-62(67-64(65)68-63)38-15-6-5-7-16-38/h5-37H,1-4H3. The first-order valence-electron chi connectivity index (χ1n) is 25.2. The van der Waals surface area contributed by atoms with Gasteiger partial charge in [0, 0.05) is 72.0 Å². The van der Waals surface area contributed by atoms with Crippen LogP contribution in [0.5, 0.6) is 0 Å². The number of benzene rings is 8. The summed E-state index contributed by atoms with van der Waals surface area (Å²) in [5.74, 6) is 2.26. The topological polar surface area (TPSA) is 74.8 Å². The minimum absolute atomic E-state index is 0.0181. The van der Waals surface area contributed by atoms with E-state index >= 15 is 0 Å². The third-order valence-corrected chi connectivity index (χ3v) is 16.6. The zero-order valence-corrected chi connectivity index (χ0v) is 40.1. The normalized spacial score (nSPS) is 19.2. The second-order valence-electron chi connectivity index (χ2n) is 20.5. The van der Waals surface area contributed by atoms with Gasteiger partial charge in [-0.25, -0.2) is 15.0 Å². The van der Waals surface area contributed by atoms with Crippen LogP contribution < -0.4 is 0 Å². The lowest BCUT2D eigenvalue weighted by molar-refractivity contribution is 0.512. The predicted octanol–water partition coefficient (Wildman–Crippen LogP) is 16.7. The number of allylic oxidation sites excluding steroid dienone is 4. The molecule has 5 aromatic heterocycles. The first-order valence-corrected chi connectivity index (χ1v) is 25.2. The van der Waals surface area contributed by atoms with Crippen molar-refractivity contribution >= 4 is 76.6 Å². The van der Waals surface area contributed by atoms with Gasteiger partial charge in [0.25, 0.3) is 0 Å². The van der Waals surface area contributed by atoms with E-state index in [1.165, 1.54) is 38.6 Å². The molecule has 13 aromatic rings. The van der Waals surface area contributed by atoms with Crippen LogP contribution in [0.1, 0.15) is 56.6 Å². The highest BCUT2D eigenvalue weighted by Gasteiger charge is 2.47. The Morgan fingerprint density at radius 2 is 1.15 bits per heavy atom. The molecule has 0 amide bonds. The van der Waals surface area contributed by atoms with E-state index in [2.05, 4.69) is 195 Å². The average Bonchev–Trinajstić information content (AvgIpc) is 4.19. The van der Waals surface area contributed by atoms with Crippen LogP contribution in [-0.2, 0) is 5.41 Å². The van der Waals surface area contributed by atoms with Crippen molar-refractivity contribution in [2.75, 3.05) is 0 Å². The number of hydrogen-bond donors (Lipinski definition) is 0. The molecule has 8 aromatic carbocycles. The van der Waals surface area contributed by atoms with Gasteiger partial charge in [0.2, 0.25) is 0 Å². The largest absolute Gasteiger partial charge is 0.455 e. The molecule has 0 N–H and O–H groups in total. The minimum atomic E-state index is -0.639. The van der Waals surface area contributed by atoms with Crippen LogP contribution in [0.25, 0.3) is 122 Å². The maximum atomic E-state index is 7.23. The molecule has 16 rings (SSSR count). The van der Waals surface area contributed by atoms with Crippen LogP contribution in [0.15, 0.2) is 202 Å². The Hall–Kier alpha value is -8.81. The van der Waals surface area contributed by atoms with Crippen molar-refractivity contribution in [1.82, 2.24) is 24.1 Å². The Morgan fingerprint density at radius 1 is 0.486 bits per heavy atom. The van der Waals surface area contributed by atoms with Gasteiger partial charge in [-0.05, 0) is 84.1 Å². The lowest BCUT2D eigenvalue weighted by Gasteiger charge is -2.44. The molecule has 72 heavy (non-hydrogen) atoms. The summed E-state index contributed by atoms with van der Waals surface area (Å²) < 4.78 is 18.8. The Kier molecular flexibility index (Phi) is 7.87. The zero-order valence-electron chi connectivity index (χ0n) is 40.1. The van der Waals surface area contributed by atoms with E-state index in [9.17, 15) is 0 Å². The Balaban J connectivity index is 0.967. The van der Waals surface area contributed by atoms with Crippen molar-refractivity contribution in [3.63, 3.8) is 0 Å². The molecule has 7 heteroatoms. The summed E-state index contributed by atoms with van der Waals surface area (Å²) in [6.45, 7) is 9.53. The van der Waals surface area contributed by atoms with Crippen molar-refractivity contribution in [3.05, 3.63) is 210 Å². The van der Waals surface area contributed by atoms with Gasteiger partial charge in [0.15, 0.2) is 17.2 Å². The molecule has 0 saturated carbocycles. The Bertz CT molecular complexity index is 4600. The second kappa shape index (κ2) is 14.2. The number of hydrogen-bond acceptors (Lipinski definition) is 5. The van der Waals surface area contributed by atoms with Crippen LogP contribution in [0.3, 0.4) is 0 Å². The number of rotatable bonds is 3. The van der Waals surface area contributed by atoms with Crippen LogP contribution in [0, 0.1) is 5.92 Å². The molecule has 1 aliphatic heterocycles. The molecule has 0 saturated heterocycles. The summed E-state index contributed by atoms with van der Waals surface area (Å²) in [5.41, 5.74) is 17.8. The van der Waals surface area contributed by atoms with Gasteiger partial charge < -0.3 is 18.0 Å². The maximum absolute atomic E-state index is 7.23. The minimum Gasteiger partial charge on any atom is -0.455 e. The summed E-state index contributed by atoms with van der Waals surface area (Å²) in [6, 6.07) is 60.9. The molecule has 7 nitrogen and oxygen atoms in total. The highest BCUT2D eigenvalue weighted by Crippen LogP contribution is 2.58. The quantitative estimate of drug-likeness (QED) is 0.165. The smallest absolute Gasteiger partial charge is 0.167 e. The van der Waals surface area contributed by atoms with E-state index < -0.39 is 5.41 Å². The average molecular weight is 928 g/mol. The molecule has 4 atom stereocenters. The highest BCUT2D eigenvalue weighted by molar-refractivity contribution is 6.14. The fraction of sp³-hybridized carbons (Fsp3) is 0.123. The molecule has 0 spiro atoms. The maximum Gasteiger partial charge on any atom is 0.167 e. The summed E-state index contributed by atoms with van der Waals surface area (Å²) in [7, 11) is 0. The predicted molar refractivity (Wildman–Crippen MR) is 291 cm³/mol. The molecular weight excluding hydrogens is 883 g/mol. The van der Waals surface area contributed by atoms with Gasteiger partial charge in [-0.3, -0.25) is 0 Å².